The number of aliphatic carboxylic acids is 1. The Balaban J connectivity index is 2.09. The highest BCUT2D eigenvalue weighted by Crippen LogP contribution is 2.32. The molecule has 2 rings (SSSR count). The Labute approximate surface area is 168 Å². The molecule has 1 fully saturated rings. The van der Waals surface area contributed by atoms with Gasteiger partial charge in [-0.05, 0) is 38.5 Å². The number of aliphatic hydroxyl groups is 1. The van der Waals surface area contributed by atoms with E-state index in [4.69, 9.17) is 22.4 Å². The molecule has 1 aromatic rings. The van der Waals surface area contributed by atoms with Crippen LogP contribution in [-0.4, -0.2) is 64.3 Å². The smallest absolute Gasteiger partial charge is 0.306 e. The highest BCUT2D eigenvalue weighted by molar-refractivity contribution is 6.33. The van der Waals surface area contributed by atoms with Gasteiger partial charge in [-0.1, -0.05) is 18.5 Å². The Bertz CT molecular complexity index is 746. The summed E-state index contributed by atoms with van der Waals surface area (Å²) >= 11 is 6.11. The zero-order valence-electron chi connectivity index (χ0n) is 16.2. The van der Waals surface area contributed by atoms with E-state index in [9.17, 15) is 19.1 Å². The minimum absolute atomic E-state index is 0.0377. The Morgan fingerprint density at radius 1 is 1.43 bits per heavy atom. The van der Waals surface area contributed by atoms with Gasteiger partial charge in [0.15, 0.2) is 0 Å². The van der Waals surface area contributed by atoms with E-state index in [2.05, 4.69) is 0 Å². The van der Waals surface area contributed by atoms with Gasteiger partial charge in [0.1, 0.15) is 5.82 Å². The highest BCUT2D eigenvalue weighted by atomic mass is 35.5. The molecule has 9 heteroatoms. The molecule has 0 radical (unpaired) electrons. The maximum absolute atomic E-state index is 13.3. The van der Waals surface area contributed by atoms with Crippen molar-refractivity contribution in [3.05, 3.63) is 29.0 Å². The first kappa shape index (κ1) is 22.5. The van der Waals surface area contributed by atoms with E-state index in [0.29, 0.717) is 12.2 Å². The van der Waals surface area contributed by atoms with Crippen molar-refractivity contribution < 1.29 is 24.2 Å². The van der Waals surface area contributed by atoms with Crippen molar-refractivity contribution in [2.45, 2.75) is 44.9 Å². The molecule has 0 saturated carbocycles. The number of amides is 1. The fraction of sp³-hybridized carbons (Fsp3) is 0.579. The molecular formula is C19H27ClFN3O4. The number of carbonyl (C=O) groups is 2. The molecule has 1 aliphatic heterocycles. The van der Waals surface area contributed by atoms with Crippen LogP contribution in [0.3, 0.4) is 0 Å². The molecule has 7 nitrogen and oxygen atoms in total. The Kier molecular flexibility index (Phi) is 7.03. The predicted octanol–water partition coefficient (Wildman–Crippen LogP) is 1.71. The van der Waals surface area contributed by atoms with Crippen LogP contribution in [0.1, 0.15) is 27.2 Å². The number of aliphatic hydroxyl groups excluding tert-OH is 1. The molecule has 3 unspecified atom stereocenters. The van der Waals surface area contributed by atoms with Gasteiger partial charge < -0.3 is 20.8 Å². The number of hydrogen-bond donors (Lipinski definition) is 3. The molecule has 156 valence electrons. The lowest BCUT2D eigenvalue weighted by molar-refractivity contribution is -0.142. The van der Waals surface area contributed by atoms with Crippen LogP contribution in [-0.2, 0) is 9.59 Å². The number of carboxylic acid groups (broad SMARTS) is 1. The number of nitrogens with zero attached hydrogens (tertiary/aromatic N) is 2. The second kappa shape index (κ2) is 8.73. The molecule has 1 saturated heterocycles. The van der Waals surface area contributed by atoms with E-state index in [1.165, 1.54) is 30.0 Å². The van der Waals surface area contributed by atoms with Crippen LogP contribution in [0.4, 0.5) is 10.1 Å². The minimum atomic E-state index is -0.999. The van der Waals surface area contributed by atoms with Gasteiger partial charge in [0.25, 0.3) is 0 Å². The number of rotatable bonds is 7. The molecule has 28 heavy (non-hydrogen) atoms. The Morgan fingerprint density at radius 3 is 2.64 bits per heavy atom. The van der Waals surface area contributed by atoms with Crippen molar-refractivity contribution in [2.24, 2.45) is 11.7 Å². The number of piperazine rings is 1. The summed E-state index contributed by atoms with van der Waals surface area (Å²) in [7, 11) is 0. The van der Waals surface area contributed by atoms with Crippen LogP contribution in [0.15, 0.2) is 18.2 Å². The number of anilines is 1. The van der Waals surface area contributed by atoms with E-state index in [1.807, 2.05) is 18.7 Å². The van der Waals surface area contributed by atoms with Crippen molar-refractivity contribution in [1.82, 2.24) is 4.90 Å². The van der Waals surface area contributed by atoms with Gasteiger partial charge in [0.05, 0.1) is 29.3 Å². The molecule has 3 atom stereocenters. The third kappa shape index (κ3) is 5.20. The van der Waals surface area contributed by atoms with E-state index in [1.54, 1.807) is 0 Å². The summed E-state index contributed by atoms with van der Waals surface area (Å²) in [6.45, 7) is 5.97. The van der Waals surface area contributed by atoms with Crippen LogP contribution in [0.5, 0.6) is 0 Å². The number of nitrogens with two attached hydrogens (primary N) is 1. The lowest BCUT2D eigenvalue weighted by Gasteiger charge is -2.47. The van der Waals surface area contributed by atoms with Crippen LogP contribution >= 0.6 is 11.6 Å². The zero-order chi connectivity index (χ0) is 21.2. The SMILES string of the molecule is CC(CC(O)C(N)CN1CC(=O)N(c2ccc(F)cc2Cl)CC1(C)C)C(=O)O. The summed E-state index contributed by atoms with van der Waals surface area (Å²) in [5.41, 5.74) is 6.04. The second-order valence-corrected chi connectivity index (χ2v) is 8.38. The maximum Gasteiger partial charge on any atom is 0.306 e. The first-order chi connectivity index (χ1) is 12.9. The molecule has 1 aromatic carbocycles. The average molecular weight is 416 g/mol. The van der Waals surface area contributed by atoms with Crippen LogP contribution in [0, 0.1) is 11.7 Å². The van der Waals surface area contributed by atoms with Gasteiger partial charge in [-0.15, -0.1) is 0 Å². The fourth-order valence-corrected chi connectivity index (χ4v) is 3.55. The van der Waals surface area contributed by atoms with Crippen LogP contribution in [0.2, 0.25) is 5.02 Å². The number of benzene rings is 1. The van der Waals surface area contributed by atoms with Gasteiger partial charge in [0, 0.05) is 24.7 Å². The summed E-state index contributed by atoms with van der Waals surface area (Å²) in [6, 6.07) is 3.20. The lowest BCUT2D eigenvalue weighted by atomic mass is 9.94. The number of hydrogen-bond acceptors (Lipinski definition) is 5. The van der Waals surface area contributed by atoms with Crippen molar-refractivity contribution in [3.8, 4) is 0 Å². The Hall–Kier alpha value is -1.74. The maximum atomic E-state index is 13.3. The molecule has 0 aliphatic carbocycles. The molecule has 4 N–H and O–H groups in total. The molecule has 0 bridgehead atoms. The monoisotopic (exact) mass is 415 g/mol. The molecule has 1 heterocycles. The summed E-state index contributed by atoms with van der Waals surface area (Å²) in [5.74, 6) is -2.40. The van der Waals surface area contributed by atoms with Crippen LogP contribution < -0.4 is 10.6 Å². The topological polar surface area (TPSA) is 107 Å². The standard InChI is InChI=1S/C19H27ClFN3O4/c1-11(18(27)28)6-16(25)14(22)8-23-9-17(26)24(10-19(23,2)3)15-5-4-12(21)7-13(15)20/h4-5,7,11,14,16,25H,6,8-10,22H2,1-3H3,(H,27,28). The molecule has 1 aliphatic rings. The average Bonchev–Trinajstić information content (AvgIpc) is 2.58. The zero-order valence-corrected chi connectivity index (χ0v) is 17.0. The normalized spacial score (nSPS) is 20.7. The molecule has 1 amide bonds. The third-order valence-electron chi connectivity index (χ3n) is 5.17. The number of carbonyl (C=O) groups excluding carboxylic acids is 1. The van der Waals surface area contributed by atoms with Gasteiger partial charge >= 0.3 is 5.97 Å². The first-order valence-electron chi connectivity index (χ1n) is 9.09. The number of halogens is 2. The lowest BCUT2D eigenvalue weighted by Crippen LogP contribution is -2.64. The van der Waals surface area contributed by atoms with Crippen molar-refractivity contribution in [2.75, 3.05) is 24.5 Å². The van der Waals surface area contributed by atoms with Crippen molar-refractivity contribution >= 4 is 29.2 Å². The van der Waals surface area contributed by atoms with Gasteiger partial charge in [-0.3, -0.25) is 14.5 Å². The summed E-state index contributed by atoms with van der Waals surface area (Å²) in [5, 5.41) is 19.4. The van der Waals surface area contributed by atoms with Gasteiger partial charge in [-0.2, -0.15) is 0 Å². The minimum Gasteiger partial charge on any atom is -0.481 e. The van der Waals surface area contributed by atoms with Crippen LogP contribution in [0.25, 0.3) is 0 Å². The van der Waals surface area contributed by atoms with E-state index in [0.717, 1.165) is 0 Å². The molecule has 0 aromatic heterocycles. The molecular weight excluding hydrogens is 389 g/mol. The largest absolute Gasteiger partial charge is 0.481 e. The van der Waals surface area contributed by atoms with Crippen molar-refractivity contribution in [1.29, 1.82) is 0 Å². The number of carboxylic acids is 1. The predicted molar refractivity (Wildman–Crippen MR) is 105 cm³/mol. The summed E-state index contributed by atoms with van der Waals surface area (Å²) in [6.07, 6.45) is -0.961. The second-order valence-electron chi connectivity index (χ2n) is 7.97. The first-order valence-corrected chi connectivity index (χ1v) is 9.47. The van der Waals surface area contributed by atoms with E-state index >= 15 is 0 Å². The molecule has 0 spiro atoms. The van der Waals surface area contributed by atoms with Gasteiger partial charge in [0.2, 0.25) is 5.91 Å². The van der Waals surface area contributed by atoms with E-state index in [-0.39, 0.29) is 30.4 Å². The third-order valence-corrected chi connectivity index (χ3v) is 5.47. The summed E-state index contributed by atoms with van der Waals surface area (Å²) < 4.78 is 13.3. The Morgan fingerprint density at radius 2 is 2.07 bits per heavy atom. The summed E-state index contributed by atoms with van der Waals surface area (Å²) in [4.78, 5) is 27.0. The van der Waals surface area contributed by atoms with E-state index < -0.39 is 35.4 Å². The highest BCUT2D eigenvalue weighted by Gasteiger charge is 2.40. The van der Waals surface area contributed by atoms with Crippen molar-refractivity contribution in [3.63, 3.8) is 0 Å². The quantitative estimate of drug-likeness (QED) is 0.625. The fourth-order valence-electron chi connectivity index (χ4n) is 3.28. The van der Waals surface area contributed by atoms with Gasteiger partial charge in [-0.25, -0.2) is 4.39 Å².